The van der Waals surface area contributed by atoms with Crippen molar-refractivity contribution in [1.29, 1.82) is 0 Å². The van der Waals surface area contributed by atoms with Crippen LogP contribution in [0.15, 0.2) is 21.9 Å². The Balaban J connectivity index is 1.69. The predicted octanol–water partition coefficient (Wildman–Crippen LogP) is -0.177. The highest BCUT2D eigenvalue weighted by molar-refractivity contribution is 5.89. The highest BCUT2D eigenvalue weighted by Crippen LogP contribution is 2.23. The number of aryl methyl sites for hydroxylation is 1. The number of rotatable bonds is 4. The number of nitrogens with zero attached hydrogens (tertiary/aromatic N) is 5. The molecule has 1 saturated carbocycles. The zero-order valence-electron chi connectivity index (χ0n) is 18.0. The average molecular weight is 428 g/mol. The van der Waals surface area contributed by atoms with Crippen molar-refractivity contribution in [3.63, 3.8) is 0 Å². The van der Waals surface area contributed by atoms with E-state index in [1.54, 1.807) is 31.1 Å². The van der Waals surface area contributed by atoms with E-state index in [1.165, 1.54) is 4.57 Å². The number of carbonyl (C=O) groups excluding carboxylic acids is 2. The SMILES string of the molecule is CC(=O)N1CCN(c2ccnc3c2c(=O)n(CC(=O)NC2CCCC2)c(=O)n3C)CC1. The molecule has 1 saturated heterocycles. The highest BCUT2D eigenvalue weighted by Gasteiger charge is 2.24. The Bertz CT molecular complexity index is 1120. The lowest BCUT2D eigenvalue weighted by atomic mass is 10.2. The first-order chi connectivity index (χ1) is 14.9. The number of piperazine rings is 1. The third-order valence-corrected chi connectivity index (χ3v) is 6.29. The van der Waals surface area contributed by atoms with Crippen molar-refractivity contribution in [3.05, 3.63) is 33.1 Å². The van der Waals surface area contributed by atoms with Crippen LogP contribution in [0, 0.1) is 0 Å². The van der Waals surface area contributed by atoms with Crippen LogP contribution in [0.5, 0.6) is 0 Å². The maximum absolute atomic E-state index is 13.3. The Morgan fingerprint density at radius 1 is 1.13 bits per heavy atom. The van der Waals surface area contributed by atoms with Crippen molar-refractivity contribution < 1.29 is 9.59 Å². The van der Waals surface area contributed by atoms with Crippen LogP contribution in [0.1, 0.15) is 32.6 Å². The second-order valence-corrected chi connectivity index (χ2v) is 8.30. The van der Waals surface area contributed by atoms with Gasteiger partial charge in [-0.05, 0) is 18.9 Å². The Kier molecular flexibility index (Phi) is 5.79. The number of aromatic nitrogens is 3. The van der Waals surface area contributed by atoms with Gasteiger partial charge in [-0.25, -0.2) is 9.78 Å². The molecule has 3 heterocycles. The number of amides is 2. The summed E-state index contributed by atoms with van der Waals surface area (Å²) in [6, 6.07) is 1.86. The van der Waals surface area contributed by atoms with Crippen molar-refractivity contribution in [3.8, 4) is 0 Å². The summed E-state index contributed by atoms with van der Waals surface area (Å²) in [6.07, 6.45) is 5.58. The van der Waals surface area contributed by atoms with E-state index in [1.807, 2.05) is 4.90 Å². The number of carbonyl (C=O) groups is 2. The van der Waals surface area contributed by atoms with Crippen LogP contribution in [0.3, 0.4) is 0 Å². The van der Waals surface area contributed by atoms with Gasteiger partial charge in [0.25, 0.3) is 5.56 Å². The van der Waals surface area contributed by atoms with E-state index >= 15 is 0 Å². The van der Waals surface area contributed by atoms with Crippen molar-refractivity contribution >= 4 is 28.5 Å². The van der Waals surface area contributed by atoms with Gasteiger partial charge in [-0.1, -0.05) is 12.8 Å². The molecule has 1 aliphatic heterocycles. The number of hydrogen-bond acceptors (Lipinski definition) is 6. The van der Waals surface area contributed by atoms with Crippen molar-refractivity contribution in [2.75, 3.05) is 31.1 Å². The van der Waals surface area contributed by atoms with Crippen LogP contribution in [-0.4, -0.2) is 63.1 Å². The monoisotopic (exact) mass is 428 g/mol. The van der Waals surface area contributed by atoms with Gasteiger partial charge in [0.1, 0.15) is 11.9 Å². The fraction of sp³-hybridized carbons (Fsp3) is 0.571. The first-order valence-electron chi connectivity index (χ1n) is 10.7. The third kappa shape index (κ3) is 4.06. The molecule has 1 aliphatic carbocycles. The summed E-state index contributed by atoms with van der Waals surface area (Å²) in [5, 5.41) is 3.25. The van der Waals surface area contributed by atoms with Crippen molar-refractivity contribution in [2.45, 2.75) is 45.2 Å². The minimum absolute atomic E-state index is 0.0252. The molecule has 1 N–H and O–H groups in total. The molecule has 0 aromatic carbocycles. The lowest BCUT2D eigenvalue weighted by molar-refractivity contribution is -0.129. The van der Waals surface area contributed by atoms with Crippen molar-refractivity contribution in [1.82, 2.24) is 24.3 Å². The molecule has 0 atom stereocenters. The van der Waals surface area contributed by atoms with Gasteiger partial charge in [-0.15, -0.1) is 0 Å². The molecule has 0 spiro atoms. The Morgan fingerprint density at radius 2 is 1.81 bits per heavy atom. The molecular formula is C21H28N6O4. The molecule has 10 heteroatoms. The van der Waals surface area contributed by atoms with Gasteiger partial charge >= 0.3 is 5.69 Å². The molecule has 166 valence electrons. The lowest BCUT2D eigenvalue weighted by Crippen LogP contribution is -2.49. The Morgan fingerprint density at radius 3 is 2.45 bits per heavy atom. The quantitative estimate of drug-likeness (QED) is 0.724. The molecule has 31 heavy (non-hydrogen) atoms. The van der Waals surface area contributed by atoms with Crippen LogP contribution >= 0.6 is 0 Å². The molecule has 2 aromatic rings. The summed E-state index contributed by atoms with van der Waals surface area (Å²) in [5.74, 6) is -0.303. The van der Waals surface area contributed by atoms with Gasteiger partial charge in [0, 0.05) is 52.4 Å². The number of hydrogen-bond donors (Lipinski definition) is 1. The number of anilines is 1. The molecule has 0 radical (unpaired) electrons. The smallest absolute Gasteiger partial charge is 0.332 e. The zero-order valence-corrected chi connectivity index (χ0v) is 18.0. The average Bonchev–Trinajstić information content (AvgIpc) is 3.27. The van der Waals surface area contributed by atoms with Crippen LogP contribution < -0.4 is 21.5 Å². The second-order valence-electron chi connectivity index (χ2n) is 8.30. The highest BCUT2D eigenvalue weighted by atomic mass is 16.2. The van der Waals surface area contributed by atoms with E-state index in [0.29, 0.717) is 37.3 Å². The minimum atomic E-state index is -0.565. The molecular weight excluding hydrogens is 400 g/mol. The molecule has 2 fully saturated rings. The van der Waals surface area contributed by atoms with Gasteiger partial charge < -0.3 is 15.1 Å². The molecule has 0 bridgehead atoms. The first kappa shape index (κ1) is 21.1. The van der Waals surface area contributed by atoms with Crippen molar-refractivity contribution in [2.24, 2.45) is 7.05 Å². The second kappa shape index (κ2) is 8.52. The third-order valence-electron chi connectivity index (χ3n) is 6.29. The molecule has 2 amide bonds. The summed E-state index contributed by atoms with van der Waals surface area (Å²) in [6.45, 7) is 3.49. The number of nitrogens with one attached hydrogen (secondary N) is 1. The standard InChI is InChI=1S/C21H28N6O4/c1-14(28)25-9-11-26(12-10-25)16-7-8-22-19-18(16)20(30)27(21(31)24(19)2)13-17(29)23-15-5-3-4-6-15/h7-8,15H,3-6,9-13H2,1-2H3,(H,23,29). The van der Waals surface area contributed by atoms with E-state index in [2.05, 4.69) is 10.3 Å². The Labute approximate surface area is 179 Å². The summed E-state index contributed by atoms with van der Waals surface area (Å²) in [7, 11) is 1.56. The van der Waals surface area contributed by atoms with Gasteiger partial charge in [0.05, 0.1) is 5.69 Å². The maximum Gasteiger partial charge on any atom is 0.332 e. The molecule has 2 aliphatic rings. The number of pyridine rings is 1. The zero-order chi connectivity index (χ0) is 22.1. The van der Waals surface area contributed by atoms with E-state index in [4.69, 9.17) is 0 Å². The molecule has 4 rings (SSSR count). The van der Waals surface area contributed by atoms with Crippen LogP contribution in [0.4, 0.5) is 5.69 Å². The molecule has 10 nitrogen and oxygen atoms in total. The van der Waals surface area contributed by atoms with Crippen LogP contribution in [0.25, 0.3) is 11.0 Å². The maximum atomic E-state index is 13.3. The summed E-state index contributed by atoms with van der Waals surface area (Å²) < 4.78 is 2.30. The molecule has 0 unspecified atom stereocenters. The van der Waals surface area contributed by atoms with Crippen LogP contribution in [-0.2, 0) is 23.2 Å². The topological polar surface area (TPSA) is 110 Å². The van der Waals surface area contributed by atoms with E-state index < -0.39 is 11.2 Å². The van der Waals surface area contributed by atoms with Gasteiger partial charge in [0.15, 0.2) is 5.65 Å². The summed E-state index contributed by atoms with van der Waals surface area (Å²) in [5.41, 5.74) is -0.130. The first-order valence-corrected chi connectivity index (χ1v) is 10.7. The van der Waals surface area contributed by atoms with Gasteiger partial charge in [-0.2, -0.15) is 0 Å². The van der Waals surface area contributed by atoms with E-state index in [9.17, 15) is 19.2 Å². The summed E-state index contributed by atoms with van der Waals surface area (Å²) >= 11 is 0. The normalized spacial score (nSPS) is 17.4. The Hall–Kier alpha value is -3.17. The molecule has 2 aromatic heterocycles. The van der Waals surface area contributed by atoms with E-state index in [-0.39, 0.29) is 30.0 Å². The fourth-order valence-corrected chi connectivity index (χ4v) is 4.55. The van der Waals surface area contributed by atoms with E-state index in [0.717, 1.165) is 30.3 Å². The lowest BCUT2D eigenvalue weighted by Gasteiger charge is -2.36. The number of fused-ring (bicyclic) bond motifs is 1. The van der Waals surface area contributed by atoms with Crippen LogP contribution in [0.2, 0.25) is 0 Å². The predicted molar refractivity (Wildman–Crippen MR) is 116 cm³/mol. The fourth-order valence-electron chi connectivity index (χ4n) is 4.55. The van der Waals surface area contributed by atoms with Gasteiger partial charge in [-0.3, -0.25) is 23.5 Å². The largest absolute Gasteiger partial charge is 0.367 e. The summed E-state index contributed by atoms with van der Waals surface area (Å²) in [4.78, 5) is 58.4. The minimum Gasteiger partial charge on any atom is -0.367 e. The van der Waals surface area contributed by atoms with Gasteiger partial charge in [0.2, 0.25) is 11.8 Å².